The molecule has 0 fully saturated rings. The van der Waals surface area contributed by atoms with Gasteiger partial charge in [0.1, 0.15) is 5.69 Å². The van der Waals surface area contributed by atoms with E-state index in [4.69, 9.17) is 0 Å². The summed E-state index contributed by atoms with van der Waals surface area (Å²) in [6.07, 6.45) is 1.73. The van der Waals surface area contributed by atoms with E-state index in [0.29, 0.717) is 5.69 Å². The Kier molecular flexibility index (Phi) is 2.41. The number of hydrogen-bond donors (Lipinski definition) is 3. The highest BCUT2D eigenvalue weighted by Crippen LogP contribution is 2.20. The molecular weight excluding hydrogens is 226 g/mol. The molecule has 0 saturated heterocycles. The molecule has 0 unspecified atom stereocenters. The first kappa shape index (κ1) is 10.7. The Morgan fingerprint density at radius 3 is 2.89 bits per heavy atom. The molecule has 0 radical (unpaired) electrons. The number of carbonyl (C=O) groups excluding carboxylic acids is 1. The lowest BCUT2D eigenvalue weighted by Crippen LogP contribution is -2.11. The van der Waals surface area contributed by atoms with Crippen molar-refractivity contribution in [3.63, 3.8) is 0 Å². The number of fused-ring (bicyclic) bond motifs is 1. The van der Waals surface area contributed by atoms with Crippen LogP contribution in [0.5, 0.6) is 0 Å². The summed E-state index contributed by atoms with van der Waals surface area (Å²) in [7, 11) is 0. The number of amides is 1. The van der Waals surface area contributed by atoms with Gasteiger partial charge in [0.05, 0.1) is 0 Å². The standard InChI is InChI=1S/C14H13N3O/c1-9-7-10-8-11(4-5-12(10)16-9)17-14(18)13-3-2-6-15-13/h2-8,15-16H,1H3,(H,17,18). The Bertz CT molecular complexity index is 695. The predicted molar refractivity (Wildman–Crippen MR) is 71.8 cm³/mol. The summed E-state index contributed by atoms with van der Waals surface area (Å²) in [5.41, 5.74) is 3.53. The van der Waals surface area contributed by atoms with E-state index in [0.717, 1.165) is 22.3 Å². The molecule has 0 saturated carbocycles. The molecule has 4 nitrogen and oxygen atoms in total. The molecule has 2 aromatic heterocycles. The highest BCUT2D eigenvalue weighted by molar-refractivity contribution is 6.03. The van der Waals surface area contributed by atoms with Crippen molar-refractivity contribution in [2.75, 3.05) is 5.32 Å². The van der Waals surface area contributed by atoms with Gasteiger partial charge in [0.2, 0.25) is 0 Å². The lowest BCUT2D eigenvalue weighted by atomic mass is 10.2. The number of benzene rings is 1. The van der Waals surface area contributed by atoms with E-state index in [2.05, 4.69) is 21.4 Å². The molecule has 3 rings (SSSR count). The molecule has 1 aromatic carbocycles. The van der Waals surface area contributed by atoms with Crippen LogP contribution in [0.15, 0.2) is 42.6 Å². The molecule has 0 atom stereocenters. The van der Waals surface area contributed by atoms with Crippen LogP contribution in [0.3, 0.4) is 0 Å². The highest BCUT2D eigenvalue weighted by Gasteiger charge is 2.07. The van der Waals surface area contributed by atoms with Crippen LogP contribution in [0.2, 0.25) is 0 Å². The van der Waals surface area contributed by atoms with E-state index >= 15 is 0 Å². The lowest BCUT2D eigenvalue weighted by Gasteiger charge is -2.03. The minimum atomic E-state index is -0.133. The SMILES string of the molecule is Cc1cc2cc(NC(=O)c3ccc[nH]3)ccc2[nH]1. The lowest BCUT2D eigenvalue weighted by molar-refractivity contribution is 0.102. The number of aryl methyl sites for hydroxylation is 1. The first-order valence-electron chi connectivity index (χ1n) is 5.76. The number of aromatic amines is 2. The monoisotopic (exact) mass is 239 g/mol. The predicted octanol–water partition coefficient (Wildman–Crippen LogP) is 3.06. The van der Waals surface area contributed by atoms with Crippen LogP contribution in [0.1, 0.15) is 16.2 Å². The molecule has 1 amide bonds. The fourth-order valence-corrected chi connectivity index (χ4v) is 2.03. The number of rotatable bonds is 2. The van der Waals surface area contributed by atoms with E-state index in [1.807, 2.05) is 25.1 Å². The van der Waals surface area contributed by atoms with Gasteiger partial charge in [-0.05, 0) is 43.3 Å². The van der Waals surface area contributed by atoms with Crippen LogP contribution in [0.4, 0.5) is 5.69 Å². The van der Waals surface area contributed by atoms with Gasteiger partial charge in [0.15, 0.2) is 0 Å². The smallest absolute Gasteiger partial charge is 0.272 e. The molecule has 90 valence electrons. The highest BCUT2D eigenvalue weighted by atomic mass is 16.1. The molecule has 4 heteroatoms. The Labute approximate surface area is 104 Å². The largest absolute Gasteiger partial charge is 0.359 e. The number of nitrogens with one attached hydrogen (secondary N) is 3. The van der Waals surface area contributed by atoms with Crippen LogP contribution >= 0.6 is 0 Å². The second-order valence-electron chi connectivity index (χ2n) is 4.29. The average Bonchev–Trinajstić information content (AvgIpc) is 2.95. The zero-order chi connectivity index (χ0) is 12.5. The molecule has 3 N–H and O–H groups in total. The van der Waals surface area contributed by atoms with E-state index in [1.54, 1.807) is 18.3 Å². The second-order valence-corrected chi connectivity index (χ2v) is 4.29. The van der Waals surface area contributed by atoms with Gasteiger partial charge in [-0.3, -0.25) is 4.79 Å². The molecule has 3 aromatic rings. The van der Waals surface area contributed by atoms with Crippen molar-refractivity contribution in [2.45, 2.75) is 6.92 Å². The van der Waals surface area contributed by atoms with Gasteiger partial charge in [-0.15, -0.1) is 0 Å². The summed E-state index contributed by atoms with van der Waals surface area (Å²) in [6, 6.07) is 11.4. The van der Waals surface area contributed by atoms with Crippen molar-refractivity contribution in [1.29, 1.82) is 0 Å². The van der Waals surface area contributed by atoms with Gasteiger partial charge < -0.3 is 15.3 Å². The topological polar surface area (TPSA) is 60.7 Å². The fraction of sp³-hybridized carbons (Fsp3) is 0.0714. The van der Waals surface area contributed by atoms with Gasteiger partial charge in [0.25, 0.3) is 5.91 Å². The van der Waals surface area contributed by atoms with E-state index in [-0.39, 0.29) is 5.91 Å². The molecule has 0 spiro atoms. The van der Waals surface area contributed by atoms with Crippen molar-refractivity contribution in [3.8, 4) is 0 Å². The maximum atomic E-state index is 11.9. The van der Waals surface area contributed by atoms with E-state index in [1.165, 1.54) is 0 Å². The Hall–Kier alpha value is -2.49. The van der Waals surface area contributed by atoms with Gasteiger partial charge in [-0.1, -0.05) is 0 Å². The summed E-state index contributed by atoms with van der Waals surface area (Å²) >= 11 is 0. The Morgan fingerprint density at radius 2 is 2.11 bits per heavy atom. The van der Waals surface area contributed by atoms with Crippen molar-refractivity contribution in [2.24, 2.45) is 0 Å². The minimum absolute atomic E-state index is 0.133. The molecule has 18 heavy (non-hydrogen) atoms. The van der Waals surface area contributed by atoms with Crippen LogP contribution in [0, 0.1) is 6.92 Å². The maximum Gasteiger partial charge on any atom is 0.272 e. The average molecular weight is 239 g/mol. The van der Waals surface area contributed by atoms with Crippen LogP contribution in [0.25, 0.3) is 10.9 Å². The zero-order valence-corrected chi connectivity index (χ0v) is 9.95. The molecule has 2 heterocycles. The van der Waals surface area contributed by atoms with Gasteiger partial charge in [-0.25, -0.2) is 0 Å². The first-order valence-corrected chi connectivity index (χ1v) is 5.76. The van der Waals surface area contributed by atoms with Crippen LogP contribution < -0.4 is 5.32 Å². The first-order chi connectivity index (χ1) is 8.72. The van der Waals surface area contributed by atoms with E-state index in [9.17, 15) is 4.79 Å². The minimum Gasteiger partial charge on any atom is -0.359 e. The summed E-state index contributed by atoms with van der Waals surface area (Å²) in [5.74, 6) is -0.133. The molecule has 0 aliphatic carbocycles. The number of H-pyrrole nitrogens is 2. The zero-order valence-electron chi connectivity index (χ0n) is 9.95. The number of carbonyl (C=O) groups is 1. The van der Waals surface area contributed by atoms with Crippen molar-refractivity contribution in [3.05, 3.63) is 54.0 Å². The molecule has 0 bridgehead atoms. The number of anilines is 1. The van der Waals surface area contributed by atoms with Crippen LogP contribution in [-0.2, 0) is 0 Å². The summed E-state index contributed by atoms with van der Waals surface area (Å²) in [4.78, 5) is 18.0. The Morgan fingerprint density at radius 1 is 1.22 bits per heavy atom. The third-order valence-electron chi connectivity index (χ3n) is 2.86. The third-order valence-corrected chi connectivity index (χ3v) is 2.86. The van der Waals surface area contributed by atoms with Gasteiger partial charge in [-0.2, -0.15) is 0 Å². The second kappa shape index (κ2) is 4.07. The van der Waals surface area contributed by atoms with Gasteiger partial charge in [0, 0.05) is 28.5 Å². The molecule has 0 aliphatic heterocycles. The van der Waals surface area contributed by atoms with Crippen molar-refractivity contribution < 1.29 is 4.79 Å². The Balaban J connectivity index is 1.88. The van der Waals surface area contributed by atoms with Crippen molar-refractivity contribution >= 4 is 22.5 Å². The summed E-state index contributed by atoms with van der Waals surface area (Å²) < 4.78 is 0. The van der Waals surface area contributed by atoms with Crippen LogP contribution in [-0.4, -0.2) is 15.9 Å². The van der Waals surface area contributed by atoms with Gasteiger partial charge >= 0.3 is 0 Å². The van der Waals surface area contributed by atoms with Crippen molar-refractivity contribution in [1.82, 2.24) is 9.97 Å². The quantitative estimate of drug-likeness (QED) is 0.632. The normalized spacial score (nSPS) is 10.7. The summed E-state index contributed by atoms with van der Waals surface area (Å²) in [5, 5.41) is 3.96. The number of aromatic nitrogens is 2. The maximum absolute atomic E-state index is 11.9. The third kappa shape index (κ3) is 1.88. The fourth-order valence-electron chi connectivity index (χ4n) is 2.03. The number of hydrogen-bond acceptors (Lipinski definition) is 1. The summed E-state index contributed by atoms with van der Waals surface area (Å²) in [6.45, 7) is 2.01. The molecule has 0 aliphatic rings. The molecular formula is C14H13N3O. The van der Waals surface area contributed by atoms with E-state index < -0.39 is 0 Å².